The van der Waals surface area contributed by atoms with E-state index in [9.17, 15) is 4.79 Å². The minimum absolute atomic E-state index is 0.0687. The van der Waals surface area contributed by atoms with Crippen LogP contribution in [0.1, 0.15) is 21.5 Å². The fourth-order valence-corrected chi connectivity index (χ4v) is 1.58. The summed E-state index contributed by atoms with van der Waals surface area (Å²) < 4.78 is 0. The summed E-state index contributed by atoms with van der Waals surface area (Å²) in [7, 11) is 0. The summed E-state index contributed by atoms with van der Waals surface area (Å²) >= 11 is 1.39. The molecule has 1 heterocycles. The Morgan fingerprint density at radius 2 is 2.45 bits per heavy atom. The minimum atomic E-state index is 0.0687. The molecule has 0 aromatic carbocycles. The number of nitrogens with zero attached hydrogens (tertiary/aromatic N) is 1. The van der Waals surface area contributed by atoms with Crippen molar-refractivity contribution < 1.29 is 4.79 Å². The summed E-state index contributed by atoms with van der Waals surface area (Å²) in [4.78, 5) is 12.5. The summed E-state index contributed by atoms with van der Waals surface area (Å²) in [5.74, 6) is 0.0687. The van der Waals surface area contributed by atoms with Gasteiger partial charge in [-0.25, -0.2) is 0 Å². The summed E-state index contributed by atoms with van der Waals surface area (Å²) in [5, 5.41) is 8.34. The molecule has 0 fully saturated rings. The Morgan fingerprint density at radius 1 is 1.73 bits per heavy atom. The minimum Gasteiger partial charge on any atom is -0.294 e. The van der Waals surface area contributed by atoms with E-state index in [-0.39, 0.29) is 5.78 Å². The molecule has 1 rings (SSSR count). The zero-order chi connectivity index (χ0) is 8.27. The average molecular weight is 165 g/mol. The van der Waals surface area contributed by atoms with Crippen molar-refractivity contribution >= 4 is 17.1 Å². The van der Waals surface area contributed by atoms with Crippen molar-refractivity contribution in [2.45, 2.75) is 13.3 Å². The first-order valence-corrected chi connectivity index (χ1v) is 4.02. The van der Waals surface area contributed by atoms with E-state index in [2.05, 4.69) is 0 Å². The maximum Gasteiger partial charge on any atom is 0.169 e. The number of thiophene rings is 1. The van der Waals surface area contributed by atoms with Crippen molar-refractivity contribution in [3.8, 4) is 6.07 Å². The number of carbonyl (C=O) groups is 1. The van der Waals surface area contributed by atoms with Crippen LogP contribution in [0.15, 0.2) is 12.1 Å². The van der Waals surface area contributed by atoms with Gasteiger partial charge in [-0.1, -0.05) is 0 Å². The first-order chi connectivity index (χ1) is 5.24. The van der Waals surface area contributed by atoms with E-state index in [4.69, 9.17) is 5.26 Å². The summed E-state index contributed by atoms with van der Waals surface area (Å²) in [6.07, 6.45) is 0.401. The zero-order valence-electron chi connectivity index (χ0n) is 6.13. The highest BCUT2D eigenvalue weighted by molar-refractivity contribution is 7.14. The van der Waals surface area contributed by atoms with Crippen molar-refractivity contribution in [1.82, 2.24) is 0 Å². The predicted molar refractivity (Wildman–Crippen MR) is 43.6 cm³/mol. The lowest BCUT2D eigenvalue weighted by Crippen LogP contribution is -1.83. The van der Waals surface area contributed by atoms with Crippen LogP contribution in [-0.2, 0) is 6.42 Å². The lowest BCUT2D eigenvalue weighted by molar-refractivity contribution is 0.102. The molecule has 3 heteroatoms. The molecule has 1 aromatic rings. The van der Waals surface area contributed by atoms with Gasteiger partial charge in [0, 0.05) is 4.88 Å². The van der Waals surface area contributed by atoms with Crippen LogP contribution < -0.4 is 0 Å². The Balaban J connectivity index is 2.83. The Labute approximate surface area is 69.1 Å². The van der Waals surface area contributed by atoms with Crippen molar-refractivity contribution in [3.05, 3.63) is 21.9 Å². The molecule has 56 valence electrons. The second-order valence-corrected chi connectivity index (χ2v) is 3.33. The van der Waals surface area contributed by atoms with Gasteiger partial charge in [-0.3, -0.25) is 4.79 Å². The molecule has 0 atom stereocenters. The fourth-order valence-electron chi connectivity index (χ4n) is 0.740. The fraction of sp³-hybridized carbons (Fsp3) is 0.250. The molecule has 0 aliphatic heterocycles. The van der Waals surface area contributed by atoms with Gasteiger partial charge in [0.15, 0.2) is 5.78 Å². The SMILES string of the molecule is CC(=O)c1ccc(CC#N)s1. The van der Waals surface area contributed by atoms with E-state index in [0.29, 0.717) is 6.42 Å². The van der Waals surface area contributed by atoms with Crippen LogP contribution in [0.3, 0.4) is 0 Å². The summed E-state index contributed by atoms with van der Waals surface area (Å²) in [6, 6.07) is 5.62. The molecule has 0 saturated heterocycles. The Hall–Kier alpha value is -1.14. The topological polar surface area (TPSA) is 40.9 Å². The molecule has 0 unspecified atom stereocenters. The van der Waals surface area contributed by atoms with Crippen molar-refractivity contribution in [2.75, 3.05) is 0 Å². The molecular weight excluding hydrogens is 158 g/mol. The smallest absolute Gasteiger partial charge is 0.169 e. The number of carbonyl (C=O) groups excluding carboxylic acids is 1. The third-order valence-corrected chi connectivity index (χ3v) is 2.45. The number of rotatable bonds is 2. The predicted octanol–water partition coefficient (Wildman–Crippen LogP) is 2.02. The number of nitriles is 1. The van der Waals surface area contributed by atoms with E-state index in [1.807, 2.05) is 12.1 Å². The third kappa shape index (κ3) is 1.89. The van der Waals surface area contributed by atoms with Gasteiger partial charge in [-0.15, -0.1) is 11.3 Å². The van der Waals surface area contributed by atoms with Gasteiger partial charge < -0.3 is 0 Å². The Bertz CT molecular complexity index is 308. The Kier molecular flexibility index (Phi) is 2.40. The molecule has 0 spiro atoms. The highest BCUT2D eigenvalue weighted by Crippen LogP contribution is 2.16. The lowest BCUT2D eigenvalue weighted by Gasteiger charge is -1.83. The van der Waals surface area contributed by atoms with E-state index in [1.165, 1.54) is 18.3 Å². The van der Waals surface area contributed by atoms with Crippen molar-refractivity contribution in [2.24, 2.45) is 0 Å². The van der Waals surface area contributed by atoms with E-state index in [1.54, 1.807) is 6.07 Å². The van der Waals surface area contributed by atoms with Crippen LogP contribution in [0.5, 0.6) is 0 Å². The maximum atomic E-state index is 10.8. The van der Waals surface area contributed by atoms with E-state index >= 15 is 0 Å². The van der Waals surface area contributed by atoms with Crippen LogP contribution in [0, 0.1) is 11.3 Å². The molecule has 1 aromatic heterocycles. The third-order valence-electron chi connectivity index (χ3n) is 1.26. The first kappa shape index (κ1) is 7.96. The molecule has 0 aliphatic carbocycles. The first-order valence-electron chi connectivity index (χ1n) is 3.20. The van der Waals surface area contributed by atoms with Gasteiger partial charge in [-0.05, 0) is 19.1 Å². The lowest BCUT2D eigenvalue weighted by atomic mass is 10.3. The molecule has 0 aliphatic rings. The van der Waals surface area contributed by atoms with Gasteiger partial charge in [-0.2, -0.15) is 5.26 Å². The molecule has 0 saturated carbocycles. The molecule has 0 N–H and O–H groups in total. The van der Waals surface area contributed by atoms with Gasteiger partial charge >= 0.3 is 0 Å². The van der Waals surface area contributed by atoms with Crippen molar-refractivity contribution in [3.63, 3.8) is 0 Å². The van der Waals surface area contributed by atoms with Gasteiger partial charge in [0.1, 0.15) is 0 Å². The summed E-state index contributed by atoms with van der Waals surface area (Å²) in [6.45, 7) is 1.53. The molecule has 11 heavy (non-hydrogen) atoms. The van der Waals surface area contributed by atoms with E-state index in [0.717, 1.165) is 9.75 Å². The molecule has 0 radical (unpaired) electrons. The zero-order valence-corrected chi connectivity index (χ0v) is 6.94. The van der Waals surface area contributed by atoms with Crippen molar-refractivity contribution in [1.29, 1.82) is 5.26 Å². The van der Waals surface area contributed by atoms with Crippen LogP contribution in [0.2, 0.25) is 0 Å². The molecule has 0 amide bonds. The van der Waals surface area contributed by atoms with Crippen LogP contribution in [0.25, 0.3) is 0 Å². The standard InChI is InChI=1S/C8H7NOS/c1-6(10)8-3-2-7(11-8)4-5-9/h2-3H,4H2,1H3. The van der Waals surface area contributed by atoms with Gasteiger partial charge in [0.05, 0.1) is 17.4 Å². The Morgan fingerprint density at radius 3 is 2.91 bits per heavy atom. The normalized spacial score (nSPS) is 9.09. The van der Waals surface area contributed by atoms with E-state index < -0.39 is 0 Å². The van der Waals surface area contributed by atoms with Gasteiger partial charge in [0.2, 0.25) is 0 Å². The quantitative estimate of drug-likeness (QED) is 0.629. The van der Waals surface area contributed by atoms with Crippen LogP contribution >= 0.6 is 11.3 Å². The summed E-state index contributed by atoms with van der Waals surface area (Å²) in [5.41, 5.74) is 0. The molecule has 2 nitrogen and oxygen atoms in total. The van der Waals surface area contributed by atoms with Crippen LogP contribution in [-0.4, -0.2) is 5.78 Å². The second-order valence-electron chi connectivity index (χ2n) is 2.16. The highest BCUT2D eigenvalue weighted by Gasteiger charge is 2.02. The average Bonchev–Trinajstić information content (AvgIpc) is 2.37. The number of hydrogen-bond donors (Lipinski definition) is 0. The monoisotopic (exact) mass is 165 g/mol. The molecule has 0 bridgehead atoms. The van der Waals surface area contributed by atoms with Crippen LogP contribution in [0.4, 0.5) is 0 Å². The number of Topliss-reactive ketones (excluding diaryl/α,β-unsaturated/α-hetero) is 1. The van der Waals surface area contributed by atoms with Gasteiger partial charge in [0.25, 0.3) is 0 Å². The number of hydrogen-bond acceptors (Lipinski definition) is 3. The molecular formula is C8H7NOS. The maximum absolute atomic E-state index is 10.8. The second kappa shape index (κ2) is 3.31. The number of ketones is 1. The highest BCUT2D eigenvalue weighted by atomic mass is 32.1. The largest absolute Gasteiger partial charge is 0.294 e.